The maximum Gasteiger partial charge on any atom is 0.244 e. The SMILES string of the molecule is CNC(=O)C1CNCCN1S(=O)(=O)C1=C/C=C\C=C/C=C\1C. The molecule has 1 amide bonds. The van der Waals surface area contributed by atoms with E-state index in [4.69, 9.17) is 0 Å². The first-order valence-corrected chi connectivity index (χ1v) is 8.59. The van der Waals surface area contributed by atoms with Gasteiger partial charge < -0.3 is 10.6 Å². The van der Waals surface area contributed by atoms with Crippen molar-refractivity contribution in [3.63, 3.8) is 0 Å². The molecule has 0 bridgehead atoms. The predicted molar refractivity (Wildman–Crippen MR) is 86.5 cm³/mol. The van der Waals surface area contributed by atoms with E-state index in [1.54, 1.807) is 37.3 Å². The number of sulfonamides is 1. The third-order valence-electron chi connectivity index (χ3n) is 3.65. The molecule has 1 unspecified atom stereocenters. The summed E-state index contributed by atoms with van der Waals surface area (Å²) in [4.78, 5) is 12.2. The maximum atomic E-state index is 13.0. The Labute approximate surface area is 131 Å². The van der Waals surface area contributed by atoms with Gasteiger partial charge in [-0.2, -0.15) is 4.31 Å². The molecular formula is C15H21N3O3S. The topological polar surface area (TPSA) is 78.5 Å². The number of carbonyl (C=O) groups is 1. The third-order valence-corrected chi connectivity index (χ3v) is 5.71. The smallest absolute Gasteiger partial charge is 0.244 e. The fourth-order valence-electron chi connectivity index (χ4n) is 2.46. The molecule has 0 aromatic rings. The van der Waals surface area contributed by atoms with Crippen molar-refractivity contribution >= 4 is 15.9 Å². The second-order valence-corrected chi connectivity index (χ2v) is 6.96. The summed E-state index contributed by atoms with van der Waals surface area (Å²) in [5.41, 5.74) is 0.648. The van der Waals surface area contributed by atoms with Crippen LogP contribution in [0, 0.1) is 0 Å². The van der Waals surface area contributed by atoms with E-state index >= 15 is 0 Å². The molecule has 0 aromatic heterocycles. The van der Waals surface area contributed by atoms with Gasteiger partial charge in [-0.3, -0.25) is 4.79 Å². The second-order valence-electron chi connectivity index (χ2n) is 5.10. The minimum absolute atomic E-state index is 0.226. The minimum atomic E-state index is -3.74. The van der Waals surface area contributed by atoms with E-state index in [-0.39, 0.29) is 17.4 Å². The van der Waals surface area contributed by atoms with Crippen molar-refractivity contribution in [3.8, 4) is 0 Å². The average molecular weight is 323 g/mol. The molecule has 0 radical (unpaired) electrons. The number of nitrogens with one attached hydrogen (secondary N) is 2. The largest absolute Gasteiger partial charge is 0.358 e. The summed E-state index contributed by atoms with van der Waals surface area (Å²) in [5, 5.41) is 5.59. The van der Waals surface area contributed by atoms with Crippen LogP contribution in [0.15, 0.2) is 46.9 Å². The molecule has 1 atom stereocenters. The van der Waals surface area contributed by atoms with E-state index in [2.05, 4.69) is 10.6 Å². The van der Waals surface area contributed by atoms with E-state index in [1.807, 2.05) is 6.08 Å². The van der Waals surface area contributed by atoms with Gasteiger partial charge in [0.25, 0.3) is 0 Å². The highest BCUT2D eigenvalue weighted by Gasteiger charge is 2.38. The van der Waals surface area contributed by atoms with Crippen molar-refractivity contribution in [3.05, 3.63) is 46.9 Å². The second kappa shape index (κ2) is 7.04. The molecule has 0 saturated carbocycles. The summed E-state index contributed by atoms with van der Waals surface area (Å²) in [7, 11) is -2.23. The number of rotatable bonds is 3. The van der Waals surface area contributed by atoms with Gasteiger partial charge in [0.1, 0.15) is 6.04 Å². The lowest BCUT2D eigenvalue weighted by Crippen LogP contribution is -2.59. The summed E-state index contributed by atoms with van der Waals surface area (Å²) < 4.78 is 27.3. The lowest BCUT2D eigenvalue weighted by atomic mass is 10.2. The molecule has 120 valence electrons. The monoisotopic (exact) mass is 323 g/mol. The Morgan fingerprint density at radius 2 is 1.95 bits per heavy atom. The van der Waals surface area contributed by atoms with Gasteiger partial charge in [0.05, 0.1) is 4.91 Å². The molecular weight excluding hydrogens is 302 g/mol. The Bertz CT molecular complexity index is 660. The summed E-state index contributed by atoms with van der Waals surface area (Å²) in [6.45, 7) is 2.86. The fourth-order valence-corrected chi connectivity index (χ4v) is 4.28. The zero-order valence-corrected chi connectivity index (χ0v) is 13.6. The number of allylic oxidation sites excluding steroid dienone is 7. The molecule has 2 aliphatic rings. The lowest BCUT2D eigenvalue weighted by Gasteiger charge is -2.34. The summed E-state index contributed by atoms with van der Waals surface area (Å²) in [5.74, 6) is -0.306. The molecule has 0 aromatic carbocycles. The number of likely N-dealkylation sites (N-methyl/N-ethyl adjacent to an activating group) is 1. The Balaban J connectivity index is 2.41. The zero-order chi connectivity index (χ0) is 16.2. The highest BCUT2D eigenvalue weighted by Crippen LogP contribution is 2.25. The number of nitrogens with zero attached hydrogens (tertiary/aromatic N) is 1. The zero-order valence-electron chi connectivity index (χ0n) is 12.7. The van der Waals surface area contributed by atoms with Crippen LogP contribution in [0.25, 0.3) is 0 Å². The first kappa shape index (κ1) is 16.7. The molecule has 22 heavy (non-hydrogen) atoms. The highest BCUT2D eigenvalue weighted by molar-refractivity contribution is 7.93. The summed E-state index contributed by atoms with van der Waals surface area (Å²) >= 11 is 0. The average Bonchev–Trinajstić information content (AvgIpc) is 2.50. The quantitative estimate of drug-likeness (QED) is 0.783. The molecule has 2 N–H and O–H groups in total. The van der Waals surface area contributed by atoms with Gasteiger partial charge in [-0.25, -0.2) is 8.42 Å². The van der Waals surface area contributed by atoms with E-state index in [1.165, 1.54) is 11.4 Å². The van der Waals surface area contributed by atoms with Gasteiger partial charge in [0.2, 0.25) is 15.9 Å². The first-order valence-electron chi connectivity index (χ1n) is 7.15. The van der Waals surface area contributed by atoms with E-state index in [0.717, 1.165) is 0 Å². The normalized spacial score (nSPS) is 30.9. The van der Waals surface area contributed by atoms with E-state index < -0.39 is 16.1 Å². The molecule has 6 nitrogen and oxygen atoms in total. The van der Waals surface area contributed by atoms with Crippen LogP contribution in [0.1, 0.15) is 6.92 Å². The van der Waals surface area contributed by atoms with Gasteiger partial charge >= 0.3 is 0 Å². The Morgan fingerprint density at radius 3 is 2.64 bits per heavy atom. The third kappa shape index (κ3) is 3.37. The fraction of sp³-hybridized carbons (Fsp3) is 0.400. The Morgan fingerprint density at radius 1 is 1.27 bits per heavy atom. The predicted octanol–water partition coefficient (Wildman–Crippen LogP) is 0.292. The standard InChI is InChI=1S/C15H21N3O3S/c1-12-7-5-3-4-6-8-14(12)22(20,21)18-10-9-17-11-13(18)15(19)16-2/h3-8,13,17H,9-11H2,1-2H3,(H,16,19)/b4-3?,5-3-,6-4-,7-5?,8-6?,12-7-,14-8+,14-12?. The van der Waals surface area contributed by atoms with E-state index in [9.17, 15) is 13.2 Å². The molecule has 1 fully saturated rings. The van der Waals surface area contributed by atoms with E-state index in [0.29, 0.717) is 18.7 Å². The van der Waals surface area contributed by atoms with Crippen LogP contribution in [0.3, 0.4) is 0 Å². The van der Waals surface area contributed by atoms with Crippen LogP contribution >= 0.6 is 0 Å². The number of hydrogen-bond donors (Lipinski definition) is 2. The molecule has 1 saturated heterocycles. The molecule has 0 spiro atoms. The van der Waals surface area contributed by atoms with Gasteiger partial charge in [0, 0.05) is 26.7 Å². The van der Waals surface area contributed by atoms with Crippen molar-refractivity contribution in [2.75, 3.05) is 26.7 Å². The summed E-state index contributed by atoms with van der Waals surface area (Å²) in [6.07, 6.45) is 10.4. The molecule has 7 heteroatoms. The van der Waals surface area contributed by atoms with Crippen molar-refractivity contribution in [1.82, 2.24) is 14.9 Å². The number of carbonyl (C=O) groups excluding carboxylic acids is 1. The first-order chi connectivity index (χ1) is 10.5. The van der Waals surface area contributed by atoms with Crippen LogP contribution in [-0.2, 0) is 14.8 Å². The van der Waals surface area contributed by atoms with Crippen LogP contribution in [-0.4, -0.2) is 51.4 Å². The molecule has 1 aliphatic heterocycles. The molecule has 1 aliphatic carbocycles. The van der Waals surface area contributed by atoms with Gasteiger partial charge in [-0.1, -0.05) is 30.4 Å². The van der Waals surface area contributed by atoms with Gasteiger partial charge in [0.15, 0.2) is 0 Å². The number of amides is 1. The van der Waals surface area contributed by atoms with Gasteiger partial charge in [-0.15, -0.1) is 0 Å². The van der Waals surface area contributed by atoms with Crippen molar-refractivity contribution < 1.29 is 13.2 Å². The van der Waals surface area contributed by atoms with Crippen LogP contribution < -0.4 is 10.6 Å². The number of hydrogen-bond acceptors (Lipinski definition) is 4. The van der Waals surface area contributed by atoms with Crippen LogP contribution in [0.2, 0.25) is 0 Å². The maximum absolute atomic E-state index is 13.0. The highest BCUT2D eigenvalue weighted by atomic mass is 32.2. The van der Waals surface area contributed by atoms with Crippen molar-refractivity contribution in [1.29, 1.82) is 0 Å². The molecule has 2 rings (SSSR count). The van der Waals surface area contributed by atoms with Gasteiger partial charge in [-0.05, 0) is 18.6 Å². The number of piperazine rings is 1. The van der Waals surface area contributed by atoms with Crippen LogP contribution in [0.5, 0.6) is 0 Å². The van der Waals surface area contributed by atoms with Crippen molar-refractivity contribution in [2.45, 2.75) is 13.0 Å². The molecule has 1 heterocycles. The van der Waals surface area contributed by atoms with Crippen LogP contribution in [0.4, 0.5) is 0 Å². The summed E-state index contributed by atoms with van der Waals surface area (Å²) in [6, 6.07) is -0.734. The van der Waals surface area contributed by atoms with Crippen molar-refractivity contribution in [2.24, 2.45) is 0 Å². The Hall–Kier alpha value is -1.70. The Kier molecular flexibility index (Phi) is 5.33. The minimum Gasteiger partial charge on any atom is -0.358 e. The lowest BCUT2D eigenvalue weighted by molar-refractivity contribution is -0.124.